The Morgan fingerprint density at radius 3 is 2.69 bits per heavy atom. The summed E-state index contributed by atoms with van der Waals surface area (Å²) in [6, 6.07) is 13.9. The van der Waals surface area contributed by atoms with Gasteiger partial charge < -0.3 is 5.32 Å². The van der Waals surface area contributed by atoms with Gasteiger partial charge in [-0.1, -0.05) is 54.9 Å². The lowest BCUT2D eigenvalue weighted by molar-refractivity contribution is -0.115. The van der Waals surface area contributed by atoms with Crippen molar-refractivity contribution in [1.29, 1.82) is 5.26 Å². The summed E-state index contributed by atoms with van der Waals surface area (Å²) in [5, 5.41) is 14.9. The second kappa shape index (κ2) is 9.68. The van der Waals surface area contributed by atoms with Crippen LogP contribution in [-0.4, -0.2) is 21.1 Å². The van der Waals surface area contributed by atoms with E-state index in [4.69, 9.17) is 0 Å². The van der Waals surface area contributed by atoms with E-state index in [-0.39, 0.29) is 5.91 Å². The Balaban J connectivity index is 1.68. The highest BCUT2D eigenvalue weighted by Gasteiger charge is 2.19. The molecule has 1 amide bonds. The van der Waals surface area contributed by atoms with Gasteiger partial charge in [-0.25, -0.2) is 9.97 Å². The first-order chi connectivity index (χ1) is 14.0. The van der Waals surface area contributed by atoms with Crippen LogP contribution < -0.4 is 5.32 Å². The molecule has 2 aromatic heterocycles. The standard InChI is InChI=1S/C22H22N4OS2/c1-4-5-18-11-10-17(12-23)21(24-18)29-15(3)20(27)26-22-25-19(13-28-22)16-8-6-14(2)7-9-16/h6-11,13,15H,4-5H2,1-3H3,(H,25,26,27). The van der Waals surface area contributed by atoms with Crippen molar-refractivity contribution in [2.75, 3.05) is 5.32 Å². The number of hydrogen-bond acceptors (Lipinski definition) is 6. The highest BCUT2D eigenvalue weighted by atomic mass is 32.2. The third-order valence-electron chi connectivity index (χ3n) is 4.28. The van der Waals surface area contributed by atoms with Crippen LogP contribution in [-0.2, 0) is 11.2 Å². The molecule has 148 valence electrons. The monoisotopic (exact) mass is 422 g/mol. The number of pyridine rings is 1. The number of carbonyl (C=O) groups excluding carboxylic acids is 1. The van der Waals surface area contributed by atoms with Crippen LogP contribution in [0.4, 0.5) is 5.13 Å². The van der Waals surface area contributed by atoms with Gasteiger partial charge >= 0.3 is 0 Å². The number of nitrogens with zero attached hydrogens (tertiary/aromatic N) is 3. The fourth-order valence-corrected chi connectivity index (χ4v) is 4.30. The minimum atomic E-state index is -0.404. The molecule has 1 N–H and O–H groups in total. The van der Waals surface area contributed by atoms with Crippen molar-refractivity contribution in [3.63, 3.8) is 0 Å². The predicted molar refractivity (Wildman–Crippen MR) is 119 cm³/mol. The third kappa shape index (κ3) is 5.43. The van der Waals surface area contributed by atoms with Crippen LogP contribution >= 0.6 is 23.1 Å². The first-order valence-electron chi connectivity index (χ1n) is 9.40. The van der Waals surface area contributed by atoms with Gasteiger partial charge in [-0.2, -0.15) is 5.26 Å². The number of hydrogen-bond donors (Lipinski definition) is 1. The Hall–Kier alpha value is -2.69. The molecule has 2 heterocycles. The smallest absolute Gasteiger partial charge is 0.239 e. The lowest BCUT2D eigenvalue weighted by Crippen LogP contribution is -2.22. The highest BCUT2D eigenvalue weighted by molar-refractivity contribution is 8.00. The summed E-state index contributed by atoms with van der Waals surface area (Å²) >= 11 is 2.70. The number of rotatable bonds is 7. The van der Waals surface area contributed by atoms with Crippen molar-refractivity contribution < 1.29 is 4.79 Å². The number of carbonyl (C=O) groups is 1. The maximum atomic E-state index is 12.6. The Morgan fingerprint density at radius 2 is 2.00 bits per heavy atom. The van der Waals surface area contributed by atoms with E-state index in [0.29, 0.717) is 15.7 Å². The van der Waals surface area contributed by atoms with Crippen LogP contribution in [0.1, 0.15) is 37.1 Å². The molecular weight excluding hydrogens is 400 g/mol. The van der Waals surface area contributed by atoms with Crippen LogP contribution in [0, 0.1) is 18.3 Å². The van der Waals surface area contributed by atoms with E-state index in [0.717, 1.165) is 29.8 Å². The van der Waals surface area contributed by atoms with Crippen molar-refractivity contribution in [3.05, 3.63) is 58.6 Å². The van der Waals surface area contributed by atoms with E-state index < -0.39 is 5.25 Å². The molecule has 29 heavy (non-hydrogen) atoms. The zero-order valence-electron chi connectivity index (χ0n) is 16.6. The summed E-state index contributed by atoms with van der Waals surface area (Å²) in [5.41, 5.74) is 4.48. The lowest BCUT2D eigenvalue weighted by atomic mass is 10.1. The van der Waals surface area contributed by atoms with E-state index in [2.05, 4.69) is 28.3 Å². The number of nitriles is 1. The van der Waals surface area contributed by atoms with E-state index in [1.165, 1.54) is 28.7 Å². The molecule has 0 aliphatic carbocycles. The molecule has 0 fully saturated rings. The van der Waals surface area contributed by atoms with E-state index in [1.807, 2.05) is 49.6 Å². The van der Waals surface area contributed by atoms with Crippen LogP contribution in [0.2, 0.25) is 0 Å². The van der Waals surface area contributed by atoms with Gasteiger partial charge in [-0.05, 0) is 32.4 Å². The second-order valence-electron chi connectivity index (χ2n) is 6.67. The SMILES string of the molecule is CCCc1ccc(C#N)c(SC(C)C(=O)Nc2nc(-c3ccc(C)cc3)cs2)n1. The Bertz CT molecular complexity index is 1040. The average molecular weight is 423 g/mol. The first kappa shape index (κ1) is 21.0. The van der Waals surface area contributed by atoms with Crippen LogP contribution in [0.15, 0.2) is 46.8 Å². The van der Waals surface area contributed by atoms with Crippen molar-refractivity contribution in [1.82, 2.24) is 9.97 Å². The topological polar surface area (TPSA) is 78.7 Å². The molecule has 7 heteroatoms. The van der Waals surface area contributed by atoms with Crippen LogP contribution in [0.25, 0.3) is 11.3 Å². The molecule has 1 unspecified atom stereocenters. The third-order valence-corrected chi connectivity index (χ3v) is 6.14. The second-order valence-corrected chi connectivity index (χ2v) is 8.86. The van der Waals surface area contributed by atoms with Gasteiger partial charge in [-0.3, -0.25) is 4.79 Å². The summed E-state index contributed by atoms with van der Waals surface area (Å²) in [6.07, 6.45) is 1.83. The molecule has 1 aromatic carbocycles. The molecule has 5 nitrogen and oxygen atoms in total. The fourth-order valence-electron chi connectivity index (χ4n) is 2.67. The van der Waals surface area contributed by atoms with Gasteiger partial charge in [0.15, 0.2) is 5.13 Å². The normalized spacial score (nSPS) is 11.7. The largest absolute Gasteiger partial charge is 0.301 e. The number of anilines is 1. The molecule has 3 aromatic rings. The van der Waals surface area contributed by atoms with Crippen molar-refractivity contribution >= 4 is 34.1 Å². The van der Waals surface area contributed by atoms with E-state index in [1.54, 1.807) is 6.07 Å². The molecule has 0 bridgehead atoms. The molecule has 0 spiro atoms. The molecule has 0 aliphatic rings. The summed E-state index contributed by atoms with van der Waals surface area (Å²) in [7, 11) is 0. The minimum absolute atomic E-state index is 0.161. The lowest BCUT2D eigenvalue weighted by Gasteiger charge is -2.12. The molecule has 0 saturated heterocycles. The summed E-state index contributed by atoms with van der Waals surface area (Å²) in [6.45, 7) is 5.94. The Morgan fingerprint density at radius 1 is 1.24 bits per heavy atom. The zero-order valence-corrected chi connectivity index (χ0v) is 18.2. The zero-order chi connectivity index (χ0) is 20.8. The minimum Gasteiger partial charge on any atom is -0.301 e. The molecule has 1 atom stereocenters. The molecular formula is C22H22N4OS2. The summed E-state index contributed by atoms with van der Waals surface area (Å²) in [5.74, 6) is -0.161. The highest BCUT2D eigenvalue weighted by Crippen LogP contribution is 2.28. The summed E-state index contributed by atoms with van der Waals surface area (Å²) in [4.78, 5) is 21.7. The maximum Gasteiger partial charge on any atom is 0.239 e. The predicted octanol–water partition coefficient (Wildman–Crippen LogP) is 5.46. The van der Waals surface area contributed by atoms with Gasteiger partial charge in [0.2, 0.25) is 5.91 Å². The molecule has 0 aliphatic heterocycles. The van der Waals surface area contributed by atoms with E-state index >= 15 is 0 Å². The number of thiazole rings is 1. The summed E-state index contributed by atoms with van der Waals surface area (Å²) < 4.78 is 0. The molecule has 3 rings (SSSR count). The first-order valence-corrected chi connectivity index (χ1v) is 11.2. The Labute approximate surface area is 179 Å². The number of nitrogens with one attached hydrogen (secondary N) is 1. The van der Waals surface area contributed by atoms with E-state index in [9.17, 15) is 10.1 Å². The van der Waals surface area contributed by atoms with Gasteiger partial charge in [-0.15, -0.1) is 11.3 Å². The van der Waals surface area contributed by atoms with Gasteiger partial charge in [0.05, 0.1) is 16.5 Å². The van der Waals surface area contributed by atoms with Crippen LogP contribution in [0.5, 0.6) is 0 Å². The van der Waals surface area contributed by atoms with Crippen LogP contribution in [0.3, 0.4) is 0 Å². The Kier molecular flexibility index (Phi) is 7.02. The molecule has 0 radical (unpaired) electrons. The number of aromatic nitrogens is 2. The average Bonchev–Trinajstić information content (AvgIpc) is 3.17. The van der Waals surface area contributed by atoms with Gasteiger partial charge in [0.1, 0.15) is 11.1 Å². The van der Waals surface area contributed by atoms with Crippen molar-refractivity contribution in [2.45, 2.75) is 43.9 Å². The number of aryl methyl sites for hydroxylation is 2. The fraction of sp³-hybridized carbons (Fsp3) is 0.273. The molecule has 0 saturated carbocycles. The maximum absolute atomic E-state index is 12.6. The number of amides is 1. The van der Waals surface area contributed by atoms with Crippen molar-refractivity contribution in [2.24, 2.45) is 0 Å². The van der Waals surface area contributed by atoms with Gasteiger partial charge in [0, 0.05) is 16.6 Å². The number of benzene rings is 1. The number of thioether (sulfide) groups is 1. The van der Waals surface area contributed by atoms with Crippen molar-refractivity contribution in [3.8, 4) is 17.3 Å². The quantitative estimate of drug-likeness (QED) is 0.512. The van der Waals surface area contributed by atoms with Gasteiger partial charge in [0.25, 0.3) is 0 Å².